The second-order valence-electron chi connectivity index (χ2n) is 8.30. The normalized spacial score (nSPS) is 24.3. The Kier molecular flexibility index (Phi) is 6.97. The third-order valence-corrected chi connectivity index (χ3v) is 7.06. The summed E-state index contributed by atoms with van der Waals surface area (Å²) < 4.78 is 9.97. The van der Waals surface area contributed by atoms with Gasteiger partial charge in [-0.2, -0.15) is 4.37 Å². The highest BCUT2D eigenvalue weighted by Gasteiger charge is 2.26. The maximum absolute atomic E-state index is 12.8. The molecule has 9 heteroatoms. The lowest BCUT2D eigenvalue weighted by molar-refractivity contribution is -0.132. The van der Waals surface area contributed by atoms with Crippen LogP contribution in [0.4, 0.5) is 5.13 Å². The summed E-state index contributed by atoms with van der Waals surface area (Å²) in [7, 11) is 0. The average molecular weight is 422 g/mol. The fourth-order valence-corrected chi connectivity index (χ4v) is 4.84. The van der Waals surface area contributed by atoms with Crippen LogP contribution in [-0.2, 0) is 14.3 Å². The molecule has 3 fully saturated rings. The summed E-state index contributed by atoms with van der Waals surface area (Å²) in [5.41, 5.74) is 0. The summed E-state index contributed by atoms with van der Waals surface area (Å²) >= 11 is 1.43. The number of nitrogens with one attached hydrogen (secondary N) is 1. The van der Waals surface area contributed by atoms with E-state index in [-0.39, 0.29) is 11.8 Å². The van der Waals surface area contributed by atoms with E-state index in [1.807, 2.05) is 4.90 Å². The predicted octanol–water partition coefficient (Wildman–Crippen LogP) is 1.78. The van der Waals surface area contributed by atoms with E-state index in [4.69, 9.17) is 9.72 Å². The molecule has 1 aliphatic carbocycles. The smallest absolute Gasteiger partial charge is 0.222 e. The summed E-state index contributed by atoms with van der Waals surface area (Å²) in [4.78, 5) is 33.7. The van der Waals surface area contributed by atoms with Gasteiger partial charge in [0, 0.05) is 76.2 Å². The van der Waals surface area contributed by atoms with Gasteiger partial charge in [-0.15, -0.1) is 0 Å². The van der Waals surface area contributed by atoms with Gasteiger partial charge in [0.15, 0.2) is 0 Å². The minimum atomic E-state index is 0.00117. The van der Waals surface area contributed by atoms with Crippen molar-refractivity contribution in [1.29, 1.82) is 0 Å². The SMILES string of the molecule is O=C1CCN(C(=O)CCC2CCOC2)CCN(c2nc(C3CCC3)ns2)CCN1. The number of hydrogen-bond acceptors (Lipinski definition) is 7. The second-order valence-corrected chi connectivity index (χ2v) is 9.03. The van der Waals surface area contributed by atoms with E-state index in [1.54, 1.807) is 0 Å². The van der Waals surface area contributed by atoms with Gasteiger partial charge in [-0.3, -0.25) is 9.59 Å². The third kappa shape index (κ3) is 5.45. The largest absolute Gasteiger partial charge is 0.381 e. The number of anilines is 1. The third-order valence-electron chi connectivity index (χ3n) is 6.27. The molecule has 4 rings (SSSR count). The van der Waals surface area contributed by atoms with Gasteiger partial charge in [0.1, 0.15) is 5.82 Å². The predicted molar refractivity (Wildman–Crippen MR) is 111 cm³/mol. The summed E-state index contributed by atoms with van der Waals surface area (Å²) in [6.45, 7) is 4.66. The van der Waals surface area contributed by atoms with E-state index in [9.17, 15) is 9.59 Å². The van der Waals surface area contributed by atoms with Gasteiger partial charge in [-0.25, -0.2) is 4.98 Å². The van der Waals surface area contributed by atoms with Gasteiger partial charge in [0.2, 0.25) is 16.9 Å². The summed E-state index contributed by atoms with van der Waals surface area (Å²) in [6, 6.07) is 0. The van der Waals surface area contributed by atoms with Crippen LogP contribution in [0.15, 0.2) is 0 Å². The zero-order valence-electron chi connectivity index (χ0n) is 17.0. The number of carbonyl (C=O) groups is 2. The Labute approximate surface area is 176 Å². The molecular formula is C20H31N5O3S. The van der Waals surface area contributed by atoms with Crippen molar-refractivity contribution >= 4 is 28.5 Å². The van der Waals surface area contributed by atoms with Gasteiger partial charge < -0.3 is 19.9 Å². The Bertz CT molecular complexity index is 702. The van der Waals surface area contributed by atoms with Crippen molar-refractivity contribution in [2.45, 2.75) is 50.9 Å². The maximum atomic E-state index is 12.8. The van der Waals surface area contributed by atoms with Crippen molar-refractivity contribution in [2.75, 3.05) is 50.8 Å². The molecule has 2 saturated heterocycles. The molecule has 3 aliphatic rings. The second kappa shape index (κ2) is 9.84. The van der Waals surface area contributed by atoms with E-state index in [1.165, 1.54) is 30.8 Å². The first-order valence-electron chi connectivity index (χ1n) is 10.9. The van der Waals surface area contributed by atoms with Crippen molar-refractivity contribution in [3.05, 3.63) is 5.82 Å². The molecule has 8 nitrogen and oxygen atoms in total. The molecule has 2 amide bonds. The van der Waals surface area contributed by atoms with Gasteiger partial charge in [0.05, 0.1) is 0 Å². The van der Waals surface area contributed by atoms with Crippen molar-refractivity contribution in [3.8, 4) is 0 Å². The van der Waals surface area contributed by atoms with Crippen LogP contribution in [0.25, 0.3) is 0 Å². The van der Waals surface area contributed by atoms with Crippen LogP contribution < -0.4 is 10.2 Å². The Hall–Kier alpha value is -1.74. The summed E-state index contributed by atoms with van der Waals surface area (Å²) in [6.07, 6.45) is 6.43. The molecule has 0 radical (unpaired) electrons. The summed E-state index contributed by atoms with van der Waals surface area (Å²) in [5.74, 6) is 2.10. The monoisotopic (exact) mass is 421 g/mol. The fourth-order valence-electron chi connectivity index (χ4n) is 4.04. The molecule has 160 valence electrons. The lowest BCUT2D eigenvalue weighted by atomic mass is 9.85. The quantitative estimate of drug-likeness (QED) is 0.780. The average Bonchev–Trinajstić information content (AvgIpc) is 3.35. The molecular weight excluding hydrogens is 390 g/mol. The maximum Gasteiger partial charge on any atom is 0.222 e. The van der Waals surface area contributed by atoms with Crippen LogP contribution in [0.5, 0.6) is 0 Å². The number of hydrogen-bond donors (Lipinski definition) is 1. The zero-order chi connectivity index (χ0) is 20.1. The lowest BCUT2D eigenvalue weighted by Gasteiger charge is -2.29. The van der Waals surface area contributed by atoms with Crippen LogP contribution in [0.2, 0.25) is 0 Å². The van der Waals surface area contributed by atoms with E-state index in [0.717, 1.165) is 37.0 Å². The lowest BCUT2D eigenvalue weighted by Crippen LogP contribution is -2.45. The van der Waals surface area contributed by atoms with Gasteiger partial charge in [-0.1, -0.05) is 6.42 Å². The Morgan fingerprint density at radius 2 is 2.10 bits per heavy atom. The molecule has 2 aliphatic heterocycles. The van der Waals surface area contributed by atoms with Crippen molar-refractivity contribution in [2.24, 2.45) is 5.92 Å². The molecule has 1 atom stereocenters. The molecule has 1 saturated carbocycles. The first-order valence-corrected chi connectivity index (χ1v) is 11.7. The molecule has 1 unspecified atom stereocenters. The van der Waals surface area contributed by atoms with Crippen LogP contribution >= 0.6 is 11.5 Å². The zero-order valence-corrected chi connectivity index (χ0v) is 17.8. The van der Waals surface area contributed by atoms with Crippen molar-refractivity contribution < 1.29 is 14.3 Å². The van der Waals surface area contributed by atoms with E-state index >= 15 is 0 Å². The standard InChI is InChI=1S/C20H31N5O3S/c26-17-6-9-24(18(27)5-4-15-7-13-28-14-15)11-12-25(10-8-21-17)20-22-19(23-29-20)16-2-1-3-16/h15-16H,1-14H2,(H,21,26). The van der Waals surface area contributed by atoms with Crippen LogP contribution in [0, 0.1) is 5.92 Å². The highest BCUT2D eigenvalue weighted by atomic mass is 32.1. The molecule has 1 aromatic rings. The molecule has 1 aromatic heterocycles. The first kappa shape index (κ1) is 20.5. The first-order chi connectivity index (χ1) is 14.2. The van der Waals surface area contributed by atoms with Crippen LogP contribution in [0.3, 0.4) is 0 Å². The Morgan fingerprint density at radius 3 is 2.86 bits per heavy atom. The molecule has 3 heterocycles. The summed E-state index contributed by atoms with van der Waals surface area (Å²) in [5, 5.41) is 3.86. The highest BCUT2D eigenvalue weighted by molar-refractivity contribution is 7.09. The van der Waals surface area contributed by atoms with E-state index in [2.05, 4.69) is 14.6 Å². The van der Waals surface area contributed by atoms with Gasteiger partial charge >= 0.3 is 0 Å². The minimum Gasteiger partial charge on any atom is -0.381 e. The molecule has 0 bridgehead atoms. The number of aromatic nitrogens is 2. The fraction of sp³-hybridized carbons (Fsp3) is 0.800. The number of ether oxygens (including phenoxy) is 1. The molecule has 0 spiro atoms. The minimum absolute atomic E-state index is 0.00117. The number of carbonyl (C=O) groups excluding carboxylic acids is 2. The van der Waals surface area contributed by atoms with E-state index < -0.39 is 0 Å². The van der Waals surface area contributed by atoms with Crippen molar-refractivity contribution in [1.82, 2.24) is 19.6 Å². The molecule has 0 aromatic carbocycles. The van der Waals surface area contributed by atoms with Gasteiger partial charge in [0.25, 0.3) is 0 Å². The van der Waals surface area contributed by atoms with Crippen LogP contribution in [-0.4, -0.2) is 72.0 Å². The number of rotatable bonds is 5. The van der Waals surface area contributed by atoms with Gasteiger partial charge in [-0.05, 0) is 31.6 Å². The highest BCUT2D eigenvalue weighted by Crippen LogP contribution is 2.36. The molecule has 1 N–H and O–H groups in total. The number of nitrogens with zero attached hydrogens (tertiary/aromatic N) is 4. The Balaban J connectivity index is 1.37. The van der Waals surface area contributed by atoms with E-state index in [0.29, 0.717) is 57.4 Å². The molecule has 29 heavy (non-hydrogen) atoms. The number of amides is 2. The van der Waals surface area contributed by atoms with Crippen molar-refractivity contribution in [3.63, 3.8) is 0 Å². The Morgan fingerprint density at radius 1 is 1.21 bits per heavy atom. The topological polar surface area (TPSA) is 87.7 Å². The van der Waals surface area contributed by atoms with Crippen LogP contribution in [0.1, 0.15) is 56.7 Å².